The van der Waals surface area contributed by atoms with Gasteiger partial charge in [0.1, 0.15) is 16.6 Å². The van der Waals surface area contributed by atoms with Gasteiger partial charge >= 0.3 is 11.9 Å². The van der Waals surface area contributed by atoms with Crippen LogP contribution in [0.15, 0.2) is 12.1 Å². The van der Waals surface area contributed by atoms with Crippen LogP contribution in [0.25, 0.3) is 0 Å². The van der Waals surface area contributed by atoms with E-state index in [9.17, 15) is 9.59 Å². The maximum absolute atomic E-state index is 12.1. The molecule has 24 heavy (non-hydrogen) atoms. The Kier molecular flexibility index (Phi) is 4.20. The number of fused-ring (bicyclic) bond motifs is 1. The summed E-state index contributed by atoms with van der Waals surface area (Å²) < 4.78 is 10.1. The second kappa shape index (κ2) is 5.92. The van der Waals surface area contributed by atoms with E-state index < -0.39 is 11.6 Å². The smallest absolute Gasteiger partial charge is 0.341 e. The van der Waals surface area contributed by atoms with Gasteiger partial charge in [0.15, 0.2) is 0 Å². The summed E-state index contributed by atoms with van der Waals surface area (Å²) >= 11 is 6.17. The van der Waals surface area contributed by atoms with E-state index in [1.165, 1.54) is 7.11 Å². The molecule has 130 valence electrons. The van der Waals surface area contributed by atoms with E-state index in [1.807, 2.05) is 0 Å². The first-order valence-electron chi connectivity index (χ1n) is 7.94. The highest BCUT2D eigenvalue weighted by Gasteiger charge is 2.60. The van der Waals surface area contributed by atoms with Crippen molar-refractivity contribution in [3.8, 4) is 0 Å². The van der Waals surface area contributed by atoms with Gasteiger partial charge in [-0.15, -0.1) is 0 Å². The highest BCUT2D eigenvalue weighted by molar-refractivity contribution is 6.32. The number of esters is 2. The van der Waals surface area contributed by atoms with Crippen molar-refractivity contribution >= 4 is 29.4 Å². The third-order valence-corrected chi connectivity index (χ3v) is 4.73. The average molecular weight is 353 g/mol. The van der Waals surface area contributed by atoms with Crippen LogP contribution in [0.3, 0.4) is 0 Å². The number of aromatic nitrogens is 1. The number of nitrogens with zero attached hydrogens (tertiary/aromatic N) is 2. The largest absolute Gasteiger partial charge is 0.469 e. The molecule has 2 fully saturated rings. The molecule has 3 rings (SSSR count). The van der Waals surface area contributed by atoms with Gasteiger partial charge in [-0.25, -0.2) is 9.78 Å². The molecule has 2 heterocycles. The molecule has 0 amide bonds. The van der Waals surface area contributed by atoms with Crippen LogP contribution >= 0.6 is 11.6 Å². The summed E-state index contributed by atoms with van der Waals surface area (Å²) in [6, 6.07) is 3.41. The molecular weight excluding hydrogens is 332 g/mol. The Hall–Kier alpha value is -1.82. The fourth-order valence-electron chi connectivity index (χ4n) is 3.29. The molecule has 2 unspecified atom stereocenters. The van der Waals surface area contributed by atoms with Gasteiger partial charge in [-0.3, -0.25) is 4.79 Å². The number of pyridine rings is 1. The highest BCUT2D eigenvalue weighted by atomic mass is 35.5. The van der Waals surface area contributed by atoms with E-state index >= 15 is 0 Å². The Balaban J connectivity index is 1.67. The van der Waals surface area contributed by atoms with Gasteiger partial charge in [-0.2, -0.15) is 0 Å². The number of carbonyl (C=O) groups is 2. The molecule has 0 radical (unpaired) electrons. The summed E-state index contributed by atoms with van der Waals surface area (Å²) in [7, 11) is 1.42. The van der Waals surface area contributed by atoms with Gasteiger partial charge in [0, 0.05) is 13.1 Å². The van der Waals surface area contributed by atoms with Gasteiger partial charge in [0.2, 0.25) is 0 Å². The first-order chi connectivity index (χ1) is 11.2. The van der Waals surface area contributed by atoms with E-state index in [-0.39, 0.29) is 22.6 Å². The zero-order chi connectivity index (χ0) is 17.6. The maximum atomic E-state index is 12.1. The van der Waals surface area contributed by atoms with Gasteiger partial charge < -0.3 is 14.4 Å². The summed E-state index contributed by atoms with van der Waals surface area (Å²) in [6.45, 7) is 6.90. The first kappa shape index (κ1) is 17.0. The summed E-state index contributed by atoms with van der Waals surface area (Å²) in [5, 5.41) is 0.131. The number of hydrogen-bond acceptors (Lipinski definition) is 6. The zero-order valence-electron chi connectivity index (χ0n) is 14.2. The van der Waals surface area contributed by atoms with Crippen LogP contribution in [0.5, 0.6) is 0 Å². The Morgan fingerprint density at radius 3 is 2.38 bits per heavy atom. The monoisotopic (exact) mass is 352 g/mol. The minimum atomic E-state index is -0.585. The second-order valence-electron chi connectivity index (χ2n) is 7.29. The SMILES string of the molecule is COC(=O)C1C2CN(c3ccc(C(=O)OC(C)(C)C)c(Cl)n3)CC21. The van der Waals surface area contributed by atoms with Crippen molar-refractivity contribution in [2.75, 3.05) is 25.1 Å². The van der Waals surface area contributed by atoms with Crippen molar-refractivity contribution in [1.82, 2.24) is 4.98 Å². The van der Waals surface area contributed by atoms with E-state index in [0.717, 1.165) is 13.1 Å². The predicted molar refractivity (Wildman–Crippen MR) is 89.1 cm³/mol. The number of anilines is 1. The van der Waals surface area contributed by atoms with E-state index in [4.69, 9.17) is 21.1 Å². The van der Waals surface area contributed by atoms with Crippen molar-refractivity contribution in [1.29, 1.82) is 0 Å². The molecule has 1 aromatic rings. The van der Waals surface area contributed by atoms with Crippen LogP contribution in [-0.4, -0.2) is 42.7 Å². The minimum Gasteiger partial charge on any atom is -0.469 e. The molecule has 1 aliphatic carbocycles. The van der Waals surface area contributed by atoms with Gasteiger partial charge in [0.05, 0.1) is 18.6 Å². The summed E-state index contributed by atoms with van der Waals surface area (Å²) in [4.78, 5) is 30.1. The fraction of sp³-hybridized carbons (Fsp3) is 0.588. The molecule has 0 spiro atoms. The van der Waals surface area contributed by atoms with Crippen molar-refractivity contribution in [2.24, 2.45) is 17.8 Å². The molecular formula is C17H21ClN2O4. The maximum Gasteiger partial charge on any atom is 0.341 e. The Morgan fingerprint density at radius 2 is 1.88 bits per heavy atom. The number of methoxy groups -OCH3 is 1. The lowest BCUT2D eigenvalue weighted by molar-refractivity contribution is -0.142. The van der Waals surface area contributed by atoms with Crippen molar-refractivity contribution in [3.05, 3.63) is 22.8 Å². The second-order valence-corrected chi connectivity index (χ2v) is 7.65. The fourth-order valence-corrected chi connectivity index (χ4v) is 3.51. The topological polar surface area (TPSA) is 68.7 Å². The summed E-state index contributed by atoms with van der Waals surface area (Å²) in [6.07, 6.45) is 0. The lowest BCUT2D eigenvalue weighted by Crippen LogP contribution is -2.27. The van der Waals surface area contributed by atoms with Crippen LogP contribution in [0.1, 0.15) is 31.1 Å². The molecule has 1 saturated carbocycles. The molecule has 0 N–H and O–H groups in total. The van der Waals surface area contributed by atoms with Crippen LogP contribution in [0.4, 0.5) is 5.82 Å². The highest BCUT2D eigenvalue weighted by Crippen LogP contribution is 2.52. The molecule has 2 aliphatic rings. The van der Waals surface area contributed by atoms with E-state index in [0.29, 0.717) is 17.7 Å². The third-order valence-electron chi connectivity index (χ3n) is 4.44. The van der Waals surface area contributed by atoms with Crippen LogP contribution in [-0.2, 0) is 14.3 Å². The Labute approximate surface area is 146 Å². The van der Waals surface area contributed by atoms with E-state index in [2.05, 4.69) is 9.88 Å². The summed E-state index contributed by atoms with van der Waals surface area (Å²) in [5.74, 6) is 0.760. The van der Waals surface area contributed by atoms with Crippen molar-refractivity contribution in [3.63, 3.8) is 0 Å². The lowest BCUT2D eigenvalue weighted by Gasteiger charge is -2.22. The predicted octanol–water partition coefficient (Wildman–Crippen LogP) is 2.55. The number of ether oxygens (including phenoxy) is 2. The molecule has 1 aliphatic heterocycles. The van der Waals surface area contributed by atoms with Crippen LogP contribution in [0, 0.1) is 17.8 Å². The number of halogens is 1. The van der Waals surface area contributed by atoms with E-state index in [1.54, 1.807) is 32.9 Å². The lowest BCUT2D eigenvalue weighted by atomic mass is 10.2. The molecule has 0 bridgehead atoms. The van der Waals surface area contributed by atoms with Crippen molar-refractivity contribution in [2.45, 2.75) is 26.4 Å². The molecule has 0 aromatic carbocycles. The Bertz CT molecular complexity index is 674. The van der Waals surface area contributed by atoms with Gasteiger partial charge in [-0.1, -0.05) is 11.6 Å². The Morgan fingerprint density at radius 1 is 1.25 bits per heavy atom. The number of rotatable bonds is 3. The quantitative estimate of drug-likeness (QED) is 0.615. The number of carbonyl (C=O) groups excluding carboxylic acids is 2. The van der Waals surface area contributed by atoms with Crippen LogP contribution < -0.4 is 4.90 Å². The number of hydrogen-bond donors (Lipinski definition) is 0. The standard InChI is InChI=1S/C17H21ClN2O4/c1-17(2,3)24-15(21)9-5-6-12(19-14(9)18)20-7-10-11(8-20)13(10)16(22)23-4/h5-6,10-11,13H,7-8H2,1-4H3. The molecule has 6 nitrogen and oxygen atoms in total. The van der Waals surface area contributed by atoms with Gasteiger partial charge in [-0.05, 0) is 44.7 Å². The van der Waals surface area contributed by atoms with Gasteiger partial charge in [0.25, 0.3) is 0 Å². The number of piperidine rings is 1. The summed E-state index contributed by atoms with van der Waals surface area (Å²) in [5.41, 5.74) is -0.329. The van der Waals surface area contributed by atoms with Crippen LogP contribution in [0.2, 0.25) is 5.15 Å². The molecule has 7 heteroatoms. The zero-order valence-corrected chi connectivity index (χ0v) is 15.0. The molecule has 2 atom stereocenters. The molecule has 1 aromatic heterocycles. The third kappa shape index (κ3) is 3.20. The minimum absolute atomic E-state index is 0.0164. The normalized spacial score (nSPS) is 25.2. The molecule has 1 saturated heterocycles. The first-order valence-corrected chi connectivity index (χ1v) is 8.31. The average Bonchev–Trinajstić information content (AvgIpc) is 2.98. The van der Waals surface area contributed by atoms with Crippen molar-refractivity contribution < 1.29 is 19.1 Å².